The number of aromatic nitrogens is 5. The Morgan fingerprint density at radius 2 is 2.16 bits per heavy atom. The molecule has 1 amide bonds. The fourth-order valence-electron chi connectivity index (χ4n) is 3.61. The van der Waals surface area contributed by atoms with Gasteiger partial charge in [-0.25, -0.2) is 9.18 Å². The van der Waals surface area contributed by atoms with E-state index in [-0.39, 0.29) is 6.54 Å². The first-order valence-electron chi connectivity index (χ1n) is 9.83. The molecular formula is C21H19FN6O3. The van der Waals surface area contributed by atoms with Crippen LogP contribution in [0.2, 0.25) is 0 Å². The summed E-state index contributed by atoms with van der Waals surface area (Å²) in [5, 5.41) is 21.8. The largest absolute Gasteiger partial charge is 0.444 e. The Morgan fingerprint density at radius 3 is 2.81 bits per heavy atom. The first-order valence-corrected chi connectivity index (χ1v) is 9.83. The molecule has 1 aliphatic heterocycles. The highest BCUT2D eigenvalue weighted by molar-refractivity contribution is 5.90. The van der Waals surface area contributed by atoms with Gasteiger partial charge in [0.05, 0.1) is 17.8 Å². The fraction of sp³-hybridized carbons (Fsp3) is 0.286. The molecule has 2 aliphatic rings. The fourth-order valence-corrected chi connectivity index (χ4v) is 3.61. The van der Waals surface area contributed by atoms with Gasteiger partial charge in [0.1, 0.15) is 17.6 Å². The highest BCUT2D eigenvalue weighted by Crippen LogP contribution is 2.41. The van der Waals surface area contributed by atoms with Crippen LogP contribution in [0.1, 0.15) is 19.3 Å². The van der Waals surface area contributed by atoms with Crippen molar-refractivity contribution in [2.45, 2.75) is 31.0 Å². The predicted molar refractivity (Wildman–Crippen MR) is 109 cm³/mol. The van der Waals surface area contributed by atoms with Gasteiger partial charge in [-0.05, 0) is 42.3 Å². The SMILES string of the molecule is C=Cn1nnc(-c2ccc(-c3ccc(N4C[C@@H](CC5(O)CC5)OC4=O)cc3F)cn2)n1. The van der Waals surface area contributed by atoms with Crippen molar-refractivity contribution < 1.29 is 19.0 Å². The Morgan fingerprint density at radius 1 is 1.32 bits per heavy atom. The maximum atomic E-state index is 14.9. The monoisotopic (exact) mass is 422 g/mol. The van der Waals surface area contributed by atoms with Gasteiger partial charge in [0.15, 0.2) is 0 Å². The summed E-state index contributed by atoms with van der Waals surface area (Å²) in [7, 11) is 0. The molecule has 158 valence electrons. The molecule has 2 aromatic heterocycles. The summed E-state index contributed by atoms with van der Waals surface area (Å²) < 4.78 is 20.2. The van der Waals surface area contributed by atoms with Crippen molar-refractivity contribution in [3.8, 4) is 22.6 Å². The Labute approximate surface area is 176 Å². The number of carbonyl (C=O) groups is 1. The van der Waals surface area contributed by atoms with Gasteiger partial charge in [0.2, 0.25) is 5.82 Å². The third kappa shape index (κ3) is 3.77. The minimum Gasteiger partial charge on any atom is -0.444 e. The van der Waals surface area contributed by atoms with Crippen LogP contribution in [0, 0.1) is 5.82 Å². The number of hydrogen-bond donors (Lipinski definition) is 1. The molecule has 5 rings (SSSR count). The molecule has 1 atom stereocenters. The van der Waals surface area contributed by atoms with Gasteiger partial charge < -0.3 is 9.84 Å². The summed E-state index contributed by atoms with van der Waals surface area (Å²) in [6.07, 6.45) is 3.86. The van der Waals surface area contributed by atoms with E-state index in [1.807, 2.05) is 0 Å². The highest BCUT2D eigenvalue weighted by atomic mass is 19.1. The number of amides is 1. The number of halogens is 1. The van der Waals surface area contributed by atoms with E-state index in [2.05, 4.69) is 27.0 Å². The number of hydrogen-bond acceptors (Lipinski definition) is 7. The lowest BCUT2D eigenvalue weighted by molar-refractivity contribution is 0.0705. The zero-order valence-corrected chi connectivity index (χ0v) is 16.5. The highest BCUT2D eigenvalue weighted by Gasteiger charge is 2.46. The van der Waals surface area contributed by atoms with Crippen molar-refractivity contribution in [2.75, 3.05) is 11.4 Å². The van der Waals surface area contributed by atoms with E-state index < -0.39 is 23.6 Å². The van der Waals surface area contributed by atoms with E-state index in [1.54, 1.807) is 24.3 Å². The lowest BCUT2D eigenvalue weighted by Crippen LogP contribution is -2.26. The molecule has 2 fully saturated rings. The first-order chi connectivity index (χ1) is 14.9. The maximum absolute atomic E-state index is 14.9. The van der Waals surface area contributed by atoms with E-state index in [9.17, 15) is 14.3 Å². The summed E-state index contributed by atoms with van der Waals surface area (Å²) in [6.45, 7) is 3.84. The molecule has 10 heteroatoms. The summed E-state index contributed by atoms with van der Waals surface area (Å²) in [4.78, 5) is 19.1. The molecule has 1 saturated carbocycles. The summed E-state index contributed by atoms with van der Waals surface area (Å²) in [5.74, 6) is -0.153. The van der Waals surface area contributed by atoms with Gasteiger partial charge in [0.25, 0.3) is 0 Å². The molecule has 1 aromatic carbocycles. The van der Waals surface area contributed by atoms with E-state index in [0.29, 0.717) is 34.8 Å². The minimum absolute atomic E-state index is 0.286. The van der Waals surface area contributed by atoms with Crippen LogP contribution in [0.15, 0.2) is 43.1 Å². The van der Waals surface area contributed by atoms with Crippen LogP contribution < -0.4 is 4.90 Å². The van der Waals surface area contributed by atoms with Crippen LogP contribution >= 0.6 is 0 Å². The van der Waals surface area contributed by atoms with Crippen LogP contribution in [0.3, 0.4) is 0 Å². The molecule has 1 N–H and O–H groups in total. The average molecular weight is 422 g/mol. The second kappa shape index (κ2) is 7.24. The molecule has 3 heterocycles. The predicted octanol–water partition coefficient (Wildman–Crippen LogP) is 2.88. The Balaban J connectivity index is 1.33. The minimum atomic E-state index is -0.718. The molecule has 0 spiro atoms. The van der Waals surface area contributed by atoms with E-state index in [4.69, 9.17) is 4.74 Å². The van der Waals surface area contributed by atoms with Crippen LogP contribution in [-0.2, 0) is 4.74 Å². The number of carbonyl (C=O) groups excluding carboxylic acids is 1. The zero-order chi connectivity index (χ0) is 21.6. The number of pyridine rings is 1. The summed E-state index contributed by atoms with van der Waals surface area (Å²) in [5.41, 5.74) is 1.11. The smallest absolute Gasteiger partial charge is 0.414 e. The Kier molecular flexibility index (Phi) is 4.51. The summed E-state index contributed by atoms with van der Waals surface area (Å²) >= 11 is 0. The number of rotatable bonds is 6. The van der Waals surface area contributed by atoms with Crippen molar-refractivity contribution >= 4 is 18.0 Å². The standard InChI is InChI=1S/C21H19FN6O3/c1-2-28-25-19(24-26-28)18-6-3-13(11-23-18)16-5-4-14(9-17(16)22)27-12-15(31-20(27)29)10-21(30)7-8-21/h2-6,9,11,15,30H,1,7-8,10,12H2/t15-/m1/s1. The van der Waals surface area contributed by atoms with Crippen molar-refractivity contribution in [3.63, 3.8) is 0 Å². The molecule has 1 saturated heterocycles. The van der Waals surface area contributed by atoms with E-state index in [1.165, 1.54) is 28.2 Å². The Bertz CT molecular complexity index is 1160. The molecule has 0 radical (unpaired) electrons. The molecule has 0 unspecified atom stereocenters. The van der Waals surface area contributed by atoms with Crippen LogP contribution in [0.4, 0.5) is 14.9 Å². The third-order valence-electron chi connectivity index (χ3n) is 5.47. The molecule has 1 aliphatic carbocycles. The topological polar surface area (TPSA) is 106 Å². The Hall–Kier alpha value is -3.66. The van der Waals surface area contributed by atoms with E-state index >= 15 is 0 Å². The molecule has 9 nitrogen and oxygen atoms in total. The lowest BCUT2D eigenvalue weighted by atomic mass is 10.1. The van der Waals surface area contributed by atoms with Crippen molar-refractivity contribution in [3.05, 3.63) is 48.9 Å². The van der Waals surface area contributed by atoms with Crippen LogP contribution in [-0.4, -0.2) is 54.6 Å². The summed E-state index contributed by atoms with van der Waals surface area (Å²) in [6, 6.07) is 7.96. The number of anilines is 1. The second-order valence-corrected chi connectivity index (χ2v) is 7.76. The second-order valence-electron chi connectivity index (χ2n) is 7.76. The third-order valence-corrected chi connectivity index (χ3v) is 5.47. The van der Waals surface area contributed by atoms with Crippen LogP contribution in [0.25, 0.3) is 28.8 Å². The number of benzene rings is 1. The number of nitrogens with zero attached hydrogens (tertiary/aromatic N) is 6. The van der Waals surface area contributed by atoms with Gasteiger partial charge in [0, 0.05) is 29.9 Å². The maximum Gasteiger partial charge on any atom is 0.414 e. The molecule has 0 bridgehead atoms. The van der Waals surface area contributed by atoms with E-state index in [0.717, 1.165) is 12.8 Å². The van der Waals surface area contributed by atoms with Gasteiger partial charge in [-0.15, -0.1) is 15.0 Å². The molecular weight excluding hydrogens is 403 g/mol. The van der Waals surface area contributed by atoms with Gasteiger partial charge in [-0.3, -0.25) is 9.88 Å². The molecule has 3 aromatic rings. The van der Waals surface area contributed by atoms with Gasteiger partial charge >= 0.3 is 6.09 Å². The average Bonchev–Trinajstić information content (AvgIpc) is 3.15. The first kappa shape index (κ1) is 19.3. The normalized spacial score (nSPS) is 19.4. The van der Waals surface area contributed by atoms with Crippen molar-refractivity contribution in [1.82, 2.24) is 25.2 Å². The van der Waals surface area contributed by atoms with Crippen molar-refractivity contribution in [2.24, 2.45) is 0 Å². The lowest BCUT2D eigenvalue weighted by Gasteiger charge is -2.15. The zero-order valence-electron chi connectivity index (χ0n) is 16.5. The quantitative estimate of drug-likeness (QED) is 0.651. The van der Waals surface area contributed by atoms with Gasteiger partial charge in [-0.2, -0.15) is 0 Å². The number of tetrazole rings is 1. The molecule has 31 heavy (non-hydrogen) atoms. The number of cyclic esters (lactones) is 1. The van der Waals surface area contributed by atoms with Crippen LogP contribution in [0.5, 0.6) is 0 Å². The van der Waals surface area contributed by atoms with Gasteiger partial charge in [-0.1, -0.05) is 12.6 Å². The number of ether oxygens (including phenoxy) is 1. The number of aliphatic hydroxyl groups is 1. The van der Waals surface area contributed by atoms with Crippen molar-refractivity contribution in [1.29, 1.82) is 0 Å².